The number of carboxylic acid groups (broad SMARTS) is 1. The Balaban J connectivity index is 1.22. The molecule has 0 aliphatic heterocycles. The first-order valence-corrected chi connectivity index (χ1v) is 14.3. The molecule has 0 saturated carbocycles. The van der Waals surface area contributed by atoms with Gasteiger partial charge in [-0.15, -0.1) is 11.3 Å². The molecule has 202 valence electrons. The summed E-state index contributed by atoms with van der Waals surface area (Å²) in [5.74, 6) is -0.0261. The predicted molar refractivity (Wildman–Crippen MR) is 163 cm³/mol. The van der Waals surface area contributed by atoms with Crippen LogP contribution < -0.4 is 10.2 Å². The number of aromatic nitrogens is 2. The van der Waals surface area contributed by atoms with Crippen LogP contribution in [-0.2, 0) is 30.7 Å². The molecule has 3 aromatic carbocycles. The number of thiazole rings is 1. The fourth-order valence-electron chi connectivity index (χ4n) is 4.41. The third-order valence-corrected chi connectivity index (χ3v) is 7.57. The van der Waals surface area contributed by atoms with Crippen molar-refractivity contribution < 1.29 is 9.90 Å². The van der Waals surface area contributed by atoms with Gasteiger partial charge in [0.15, 0.2) is 5.13 Å². The molecule has 0 aliphatic rings. The van der Waals surface area contributed by atoms with Crippen LogP contribution in [0.2, 0.25) is 0 Å². The quantitative estimate of drug-likeness (QED) is 0.164. The number of rotatable bonds is 13. The Kier molecular flexibility index (Phi) is 9.17. The smallest absolute Gasteiger partial charge is 0.303 e. The van der Waals surface area contributed by atoms with Crippen molar-refractivity contribution in [3.05, 3.63) is 131 Å². The van der Waals surface area contributed by atoms with E-state index in [9.17, 15) is 4.79 Å². The van der Waals surface area contributed by atoms with Crippen LogP contribution in [0.15, 0.2) is 109 Å². The van der Waals surface area contributed by atoms with E-state index in [1.807, 2.05) is 30.3 Å². The molecule has 0 saturated heterocycles. The highest BCUT2D eigenvalue weighted by Crippen LogP contribution is 2.28. The van der Waals surface area contributed by atoms with Gasteiger partial charge in [-0.2, -0.15) is 0 Å². The summed E-state index contributed by atoms with van der Waals surface area (Å²) in [4.78, 5) is 22.5. The van der Waals surface area contributed by atoms with Gasteiger partial charge < -0.3 is 15.3 Å². The summed E-state index contributed by atoms with van der Waals surface area (Å²) in [7, 11) is 0. The normalized spacial score (nSPS) is 10.8. The molecule has 6 nitrogen and oxygen atoms in total. The topological polar surface area (TPSA) is 78.4 Å². The highest BCUT2D eigenvalue weighted by molar-refractivity contribution is 7.14. The van der Waals surface area contributed by atoms with Crippen LogP contribution in [0.25, 0.3) is 11.3 Å². The van der Waals surface area contributed by atoms with E-state index in [2.05, 4.69) is 87.3 Å². The number of nitrogens with one attached hydrogen (secondary N) is 1. The number of carboxylic acids is 1. The van der Waals surface area contributed by atoms with Gasteiger partial charge in [0, 0.05) is 43.2 Å². The zero-order valence-corrected chi connectivity index (χ0v) is 23.1. The molecule has 0 bridgehead atoms. The number of benzene rings is 3. The monoisotopic (exact) mass is 548 g/mol. The maximum atomic E-state index is 10.8. The first-order valence-electron chi connectivity index (χ1n) is 13.4. The first-order chi connectivity index (χ1) is 19.6. The number of aliphatic carboxylic acids is 1. The van der Waals surface area contributed by atoms with Crippen molar-refractivity contribution in [3.63, 3.8) is 0 Å². The first kappa shape index (κ1) is 27.1. The fourth-order valence-corrected chi connectivity index (χ4v) is 5.27. The molecule has 0 radical (unpaired) electrons. The Hall–Kier alpha value is -4.49. The van der Waals surface area contributed by atoms with Crippen LogP contribution in [-0.4, -0.2) is 27.6 Å². The molecule has 0 fully saturated rings. The molecule has 0 spiro atoms. The highest BCUT2D eigenvalue weighted by atomic mass is 32.1. The maximum absolute atomic E-state index is 10.8. The standard InChI is InChI=1S/C33H32N4O2S/c38-32(39)18-16-27-15-17-31(35-22-27)34-21-26-11-13-28(14-12-26)23-37(20-19-25-7-3-1-4-8-25)33-36-30(24-40-33)29-9-5-2-6-10-29/h1-15,17,22,24H,16,18-21,23H2,(H,34,35)(H,38,39). The number of hydrogen-bond donors (Lipinski definition) is 2. The summed E-state index contributed by atoms with van der Waals surface area (Å²) in [6.45, 7) is 2.32. The van der Waals surface area contributed by atoms with Gasteiger partial charge in [0.05, 0.1) is 5.69 Å². The van der Waals surface area contributed by atoms with E-state index in [0.717, 1.165) is 52.8 Å². The van der Waals surface area contributed by atoms with E-state index >= 15 is 0 Å². The number of anilines is 2. The molecule has 5 aromatic rings. The fraction of sp³-hybridized carbons (Fsp3) is 0.182. The van der Waals surface area contributed by atoms with E-state index in [-0.39, 0.29) is 6.42 Å². The van der Waals surface area contributed by atoms with Gasteiger partial charge in [-0.25, -0.2) is 9.97 Å². The van der Waals surface area contributed by atoms with Crippen LogP contribution in [0.4, 0.5) is 10.9 Å². The zero-order chi connectivity index (χ0) is 27.6. The second-order valence-corrected chi connectivity index (χ2v) is 10.5. The number of aryl methyl sites for hydroxylation is 1. The summed E-state index contributed by atoms with van der Waals surface area (Å²) in [6, 6.07) is 33.4. The van der Waals surface area contributed by atoms with Crippen molar-refractivity contribution in [2.24, 2.45) is 0 Å². The Morgan fingerprint density at radius 1 is 0.800 bits per heavy atom. The van der Waals surface area contributed by atoms with Crippen molar-refractivity contribution in [1.29, 1.82) is 0 Å². The molecule has 2 heterocycles. The third-order valence-electron chi connectivity index (χ3n) is 6.67. The maximum Gasteiger partial charge on any atom is 0.303 e. The lowest BCUT2D eigenvalue weighted by atomic mass is 10.1. The largest absolute Gasteiger partial charge is 0.481 e. The van der Waals surface area contributed by atoms with Crippen LogP contribution in [0, 0.1) is 0 Å². The van der Waals surface area contributed by atoms with Gasteiger partial charge >= 0.3 is 5.97 Å². The molecule has 0 amide bonds. The second kappa shape index (κ2) is 13.5. The molecular formula is C33H32N4O2S. The van der Waals surface area contributed by atoms with E-state index < -0.39 is 5.97 Å². The lowest BCUT2D eigenvalue weighted by Crippen LogP contribution is -2.25. The molecule has 7 heteroatoms. The summed E-state index contributed by atoms with van der Waals surface area (Å²) >= 11 is 1.69. The van der Waals surface area contributed by atoms with Crippen LogP contribution in [0.5, 0.6) is 0 Å². The summed E-state index contributed by atoms with van der Waals surface area (Å²) in [5.41, 5.74) is 6.78. The zero-order valence-electron chi connectivity index (χ0n) is 22.2. The van der Waals surface area contributed by atoms with E-state index in [4.69, 9.17) is 10.1 Å². The molecule has 5 rings (SSSR count). The lowest BCUT2D eigenvalue weighted by Gasteiger charge is -2.22. The molecule has 40 heavy (non-hydrogen) atoms. The van der Waals surface area contributed by atoms with Gasteiger partial charge in [-0.05, 0) is 41.2 Å². The summed E-state index contributed by atoms with van der Waals surface area (Å²) in [5, 5.41) is 15.4. The van der Waals surface area contributed by atoms with Gasteiger partial charge in [0.1, 0.15) is 5.82 Å². The van der Waals surface area contributed by atoms with Crippen molar-refractivity contribution in [3.8, 4) is 11.3 Å². The summed E-state index contributed by atoms with van der Waals surface area (Å²) < 4.78 is 0. The SMILES string of the molecule is O=C(O)CCc1ccc(NCc2ccc(CN(CCc3ccccc3)c3nc(-c4ccccc4)cs3)cc2)nc1. The molecular weight excluding hydrogens is 516 g/mol. The molecule has 0 aliphatic carbocycles. The number of pyridine rings is 1. The number of nitrogens with zero attached hydrogens (tertiary/aromatic N) is 3. The van der Waals surface area contributed by atoms with Crippen molar-refractivity contribution in [2.75, 3.05) is 16.8 Å². The van der Waals surface area contributed by atoms with E-state index in [0.29, 0.717) is 13.0 Å². The van der Waals surface area contributed by atoms with Gasteiger partial charge in [0.25, 0.3) is 0 Å². The molecule has 0 atom stereocenters. The van der Waals surface area contributed by atoms with Crippen LogP contribution in [0.3, 0.4) is 0 Å². The van der Waals surface area contributed by atoms with E-state index in [1.165, 1.54) is 11.1 Å². The predicted octanol–water partition coefficient (Wildman–Crippen LogP) is 7.08. The highest BCUT2D eigenvalue weighted by Gasteiger charge is 2.14. The molecule has 2 N–H and O–H groups in total. The minimum Gasteiger partial charge on any atom is -0.481 e. The summed E-state index contributed by atoms with van der Waals surface area (Å²) in [6.07, 6.45) is 3.29. The average molecular weight is 549 g/mol. The van der Waals surface area contributed by atoms with Crippen LogP contribution in [0.1, 0.15) is 28.7 Å². The Bertz CT molecular complexity index is 1490. The van der Waals surface area contributed by atoms with Crippen molar-refractivity contribution in [2.45, 2.75) is 32.4 Å². The average Bonchev–Trinajstić information content (AvgIpc) is 3.50. The molecule has 0 unspecified atom stereocenters. The van der Waals surface area contributed by atoms with Crippen molar-refractivity contribution in [1.82, 2.24) is 9.97 Å². The second-order valence-electron chi connectivity index (χ2n) is 9.65. The third kappa shape index (κ3) is 7.77. The van der Waals surface area contributed by atoms with E-state index in [1.54, 1.807) is 17.5 Å². The number of carbonyl (C=O) groups is 1. The minimum absolute atomic E-state index is 0.112. The Morgan fingerprint density at radius 3 is 2.20 bits per heavy atom. The van der Waals surface area contributed by atoms with Gasteiger partial charge in [-0.1, -0.05) is 91.0 Å². The van der Waals surface area contributed by atoms with Gasteiger partial charge in [-0.3, -0.25) is 4.79 Å². The Morgan fingerprint density at radius 2 is 1.50 bits per heavy atom. The lowest BCUT2D eigenvalue weighted by molar-refractivity contribution is -0.136. The molecule has 2 aromatic heterocycles. The number of hydrogen-bond acceptors (Lipinski definition) is 6. The van der Waals surface area contributed by atoms with Crippen LogP contribution >= 0.6 is 11.3 Å². The minimum atomic E-state index is -0.798. The van der Waals surface area contributed by atoms with Gasteiger partial charge in [0.2, 0.25) is 0 Å². The van der Waals surface area contributed by atoms with Crippen molar-refractivity contribution >= 4 is 28.3 Å². The Labute approximate surface area is 239 Å².